The molecule has 0 saturated carbocycles. The van der Waals surface area contributed by atoms with Crippen LogP contribution < -0.4 is 4.74 Å². The van der Waals surface area contributed by atoms with Crippen molar-refractivity contribution in [1.82, 2.24) is 19.7 Å². The summed E-state index contributed by atoms with van der Waals surface area (Å²) in [5.74, 6) is 5.80. The molecular weight excluding hydrogens is 357 g/mol. The number of rotatable bonds is 5. The van der Waals surface area contributed by atoms with E-state index in [2.05, 4.69) is 21.9 Å². The topological polar surface area (TPSA) is 67.0 Å². The molecule has 0 aliphatic carbocycles. The Balaban J connectivity index is 1.96. The highest BCUT2D eigenvalue weighted by atomic mass is 19.1. The summed E-state index contributed by atoms with van der Waals surface area (Å²) in [5.41, 5.74) is 1.79. The van der Waals surface area contributed by atoms with Crippen LogP contribution in [0.1, 0.15) is 16.8 Å². The molecule has 0 fully saturated rings. The second kappa shape index (κ2) is 8.81. The van der Waals surface area contributed by atoms with Crippen molar-refractivity contribution in [3.05, 3.63) is 71.4 Å². The van der Waals surface area contributed by atoms with Crippen molar-refractivity contribution in [3.8, 4) is 29.5 Å². The summed E-state index contributed by atoms with van der Waals surface area (Å²) < 4.78 is 21.0. The van der Waals surface area contributed by atoms with Crippen LogP contribution in [0.2, 0.25) is 0 Å². The van der Waals surface area contributed by atoms with Gasteiger partial charge in [0.15, 0.2) is 0 Å². The van der Waals surface area contributed by atoms with E-state index >= 15 is 0 Å². The third kappa shape index (κ3) is 4.94. The van der Waals surface area contributed by atoms with E-state index in [1.54, 1.807) is 24.5 Å². The summed E-state index contributed by atoms with van der Waals surface area (Å²) in [4.78, 5) is 6.16. The zero-order valence-corrected chi connectivity index (χ0v) is 15.6. The highest BCUT2D eigenvalue weighted by Gasteiger charge is 2.12. The number of hydrogen-bond acceptors (Lipinski definition) is 5. The van der Waals surface area contributed by atoms with Crippen molar-refractivity contribution in [2.75, 3.05) is 27.2 Å². The first-order valence-electron chi connectivity index (χ1n) is 8.56. The van der Waals surface area contributed by atoms with Crippen LogP contribution >= 0.6 is 0 Å². The minimum Gasteiger partial charge on any atom is -0.474 e. The van der Waals surface area contributed by atoms with Crippen molar-refractivity contribution in [3.63, 3.8) is 0 Å². The Labute approximate surface area is 162 Å². The summed E-state index contributed by atoms with van der Waals surface area (Å²) in [6.45, 7) is 1.13. The molecule has 0 radical (unpaired) electrons. The van der Waals surface area contributed by atoms with Crippen LogP contribution in [0.15, 0.2) is 48.8 Å². The molecule has 140 valence electrons. The van der Waals surface area contributed by atoms with Crippen LogP contribution in [-0.2, 0) is 0 Å². The first-order valence-corrected chi connectivity index (χ1v) is 8.56. The summed E-state index contributed by atoms with van der Waals surface area (Å²) in [7, 11) is 3.89. The van der Waals surface area contributed by atoms with Gasteiger partial charge in [0.1, 0.15) is 23.7 Å². The molecule has 0 N–H and O–H groups in total. The monoisotopic (exact) mass is 375 g/mol. The average Bonchev–Trinajstić information content (AvgIpc) is 3.09. The summed E-state index contributed by atoms with van der Waals surface area (Å²) in [5, 5.41) is 13.4. The van der Waals surface area contributed by atoms with Crippen molar-refractivity contribution in [2.24, 2.45) is 0 Å². The van der Waals surface area contributed by atoms with Gasteiger partial charge in [-0.25, -0.2) is 14.1 Å². The lowest BCUT2D eigenvalue weighted by Crippen LogP contribution is -2.19. The van der Waals surface area contributed by atoms with E-state index in [0.717, 1.165) is 0 Å². The molecule has 0 aliphatic heterocycles. The fourth-order valence-electron chi connectivity index (χ4n) is 2.35. The maximum atomic E-state index is 13.8. The number of halogens is 1. The van der Waals surface area contributed by atoms with E-state index in [9.17, 15) is 4.39 Å². The van der Waals surface area contributed by atoms with Gasteiger partial charge in [-0.1, -0.05) is 12.0 Å². The number of benzene rings is 1. The zero-order chi connectivity index (χ0) is 19.9. The molecule has 3 rings (SSSR count). The molecule has 0 aliphatic rings. The minimum atomic E-state index is -0.513. The number of ether oxygens (including phenoxy) is 1. The molecule has 28 heavy (non-hydrogen) atoms. The average molecular weight is 375 g/mol. The lowest BCUT2D eigenvalue weighted by atomic mass is 10.2. The van der Waals surface area contributed by atoms with Gasteiger partial charge in [-0.05, 0) is 50.3 Å². The molecule has 2 aromatic heterocycles. The van der Waals surface area contributed by atoms with Gasteiger partial charge in [0, 0.05) is 12.7 Å². The molecule has 0 amide bonds. The Kier molecular flexibility index (Phi) is 6.01. The predicted octanol–water partition coefficient (Wildman–Crippen LogP) is 2.62. The smallest absolute Gasteiger partial charge is 0.249 e. The van der Waals surface area contributed by atoms with Crippen molar-refractivity contribution < 1.29 is 9.13 Å². The van der Waals surface area contributed by atoms with Gasteiger partial charge < -0.3 is 9.64 Å². The number of hydrogen-bond donors (Lipinski definition) is 0. The summed E-state index contributed by atoms with van der Waals surface area (Å²) in [6, 6.07) is 11.4. The summed E-state index contributed by atoms with van der Waals surface area (Å²) >= 11 is 0. The predicted molar refractivity (Wildman–Crippen MR) is 103 cm³/mol. The molecule has 0 spiro atoms. The van der Waals surface area contributed by atoms with Crippen molar-refractivity contribution in [2.45, 2.75) is 0 Å². The Bertz CT molecular complexity index is 1060. The summed E-state index contributed by atoms with van der Waals surface area (Å²) in [6.07, 6.45) is 3.31. The molecule has 0 unspecified atom stereocenters. The molecule has 3 aromatic rings. The molecule has 1 aromatic carbocycles. The van der Waals surface area contributed by atoms with Crippen LogP contribution in [0.25, 0.3) is 5.69 Å². The van der Waals surface area contributed by atoms with Gasteiger partial charge in [0.05, 0.1) is 23.5 Å². The molecule has 2 heterocycles. The maximum absolute atomic E-state index is 13.8. The van der Waals surface area contributed by atoms with Crippen LogP contribution in [0.4, 0.5) is 4.39 Å². The van der Waals surface area contributed by atoms with Gasteiger partial charge in [-0.15, -0.1) is 5.10 Å². The van der Waals surface area contributed by atoms with E-state index in [-0.39, 0.29) is 5.56 Å². The zero-order valence-electron chi connectivity index (χ0n) is 15.6. The van der Waals surface area contributed by atoms with E-state index in [1.165, 1.54) is 16.8 Å². The Hall–Kier alpha value is -3.68. The molecule has 0 bridgehead atoms. The Morgan fingerprint density at radius 2 is 2.07 bits per heavy atom. The molecule has 7 heteroatoms. The van der Waals surface area contributed by atoms with Gasteiger partial charge in [0.2, 0.25) is 5.88 Å². The van der Waals surface area contributed by atoms with E-state index in [4.69, 9.17) is 10.00 Å². The van der Waals surface area contributed by atoms with E-state index in [0.29, 0.717) is 36.0 Å². The quantitative estimate of drug-likeness (QED) is 0.642. The lowest BCUT2D eigenvalue weighted by molar-refractivity contribution is 0.252. The van der Waals surface area contributed by atoms with E-state index in [1.807, 2.05) is 37.2 Å². The SMILES string of the molecule is CN(C)CCOc1nn(-c2cc(F)cc(C#N)c2)cc1C#Cc1ccccn1. The second-order valence-corrected chi connectivity index (χ2v) is 6.22. The molecule has 6 nitrogen and oxygen atoms in total. The first kappa shape index (κ1) is 19.1. The standard InChI is InChI=1S/C21H18FN5O/c1-26(2)9-10-28-21-17(6-7-19-5-3-4-8-24-19)15-27(25-21)20-12-16(14-23)11-18(22)13-20/h3-5,8,11-13,15H,9-10H2,1-2H3. The number of nitriles is 1. The van der Waals surface area contributed by atoms with E-state index < -0.39 is 5.82 Å². The second-order valence-electron chi connectivity index (χ2n) is 6.22. The van der Waals surface area contributed by atoms with Gasteiger partial charge >= 0.3 is 0 Å². The normalized spacial score (nSPS) is 10.2. The largest absolute Gasteiger partial charge is 0.474 e. The van der Waals surface area contributed by atoms with Crippen molar-refractivity contribution >= 4 is 0 Å². The third-order valence-electron chi connectivity index (χ3n) is 3.72. The fraction of sp³-hybridized carbons (Fsp3) is 0.190. The number of likely N-dealkylation sites (N-methyl/N-ethyl adjacent to an activating group) is 1. The lowest BCUT2D eigenvalue weighted by Gasteiger charge is -2.09. The van der Waals surface area contributed by atoms with Crippen LogP contribution in [0, 0.1) is 29.0 Å². The Morgan fingerprint density at radius 1 is 1.21 bits per heavy atom. The fourth-order valence-corrected chi connectivity index (χ4v) is 2.35. The number of nitrogens with zero attached hydrogens (tertiary/aromatic N) is 5. The third-order valence-corrected chi connectivity index (χ3v) is 3.72. The van der Waals surface area contributed by atoms with Crippen LogP contribution in [0.5, 0.6) is 5.88 Å². The minimum absolute atomic E-state index is 0.210. The van der Waals surface area contributed by atoms with Gasteiger partial charge in [-0.2, -0.15) is 5.26 Å². The molecule has 0 saturated heterocycles. The molecular formula is C21H18FN5O. The number of pyridine rings is 1. The van der Waals surface area contributed by atoms with Crippen LogP contribution in [0.3, 0.4) is 0 Å². The van der Waals surface area contributed by atoms with Gasteiger partial charge in [-0.3, -0.25) is 0 Å². The van der Waals surface area contributed by atoms with Gasteiger partial charge in [0.25, 0.3) is 0 Å². The highest BCUT2D eigenvalue weighted by Crippen LogP contribution is 2.20. The molecule has 0 atom stereocenters. The first-order chi connectivity index (χ1) is 13.5. The number of aromatic nitrogens is 3. The maximum Gasteiger partial charge on any atom is 0.249 e. The van der Waals surface area contributed by atoms with Crippen LogP contribution in [-0.4, -0.2) is 46.9 Å². The van der Waals surface area contributed by atoms with Crippen molar-refractivity contribution in [1.29, 1.82) is 5.26 Å². The highest BCUT2D eigenvalue weighted by molar-refractivity contribution is 5.48. The Morgan fingerprint density at radius 3 is 2.79 bits per heavy atom.